The summed E-state index contributed by atoms with van der Waals surface area (Å²) in [6, 6.07) is 17.1. The van der Waals surface area contributed by atoms with Crippen molar-refractivity contribution in [2.24, 2.45) is 17.8 Å². The summed E-state index contributed by atoms with van der Waals surface area (Å²) < 4.78 is 34.1. The number of hydrogen-bond donors (Lipinski definition) is 2. The molecule has 6 rings (SSSR count). The second-order valence-electron chi connectivity index (χ2n) is 13.6. The van der Waals surface area contributed by atoms with Crippen molar-refractivity contribution < 1.29 is 27.5 Å². The fraction of sp³-hybridized carbons (Fsp3) is 0.486. The van der Waals surface area contributed by atoms with Gasteiger partial charge in [-0.3, -0.25) is 19.1 Å². The molecule has 0 unspecified atom stereocenters. The molecule has 0 radical (unpaired) electrons. The summed E-state index contributed by atoms with van der Waals surface area (Å²) in [5.41, 5.74) is 0.207. The monoisotopic (exact) mass is 687 g/mol. The molecule has 11 nitrogen and oxygen atoms in total. The number of carbonyl (C=O) groups excluding carboxylic acids is 3. The number of ether oxygens (including phenoxy) is 1. The number of rotatable bonds is 15. The van der Waals surface area contributed by atoms with E-state index in [-0.39, 0.29) is 24.7 Å². The Labute approximate surface area is 288 Å². The van der Waals surface area contributed by atoms with Crippen molar-refractivity contribution in [1.82, 2.24) is 24.9 Å². The molecule has 3 fully saturated rings. The number of unbranched alkanes of at least 4 members (excludes halogenated alkanes) is 2. The van der Waals surface area contributed by atoms with E-state index in [0.717, 1.165) is 24.8 Å². The Kier molecular flexibility index (Phi) is 10.1. The molecule has 5 atom stereocenters. The highest BCUT2D eigenvalue weighted by atomic mass is 32.2. The van der Waals surface area contributed by atoms with E-state index in [1.807, 2.05) is 67.6 Å². The van der Waals surface area contributed by atoms with Crippen molar-refractivity contribution in [3.05, 3.63) is 67.3 Å². The molecule has 2 N–H and O–H groups in total. The summed E-state index contributed by atoms with van der Waals surface area (Å²) in [7, 11) is -2.05. The smallest absolute Gasteiger partial charge is 0.259 e. The van der Waals surface area contributed by atoms with Gasteiger partial charge in [-0.1, -0.05) is 61.9 Å². The first-order valence-corrected chi connectivity index (χ1v) is 18.8. The summed E-state index contributed by atoms with van der Waals surface area (Å²) in [6.07, 6.45) is 6.33. The molecule has 0 spiro atoms. The molecule has 49 heavy (non-hydrogen) atoms. The Morgan fingerprint density at radius 1 is 1.02 bits per heavy atom. The lowest BCUT2D eigenvalue weighted by Crippen LogP contribution is -2.54. The van der Waals surface area contributed by atoms with Crippen LogP contribution in [-0.2, 0) is 24.4 Å². The number of para-hydroxylation sites is 1. The normalized spacial score (nSPS) is 24.6. The number of fused-ring (bicyclic) bond motifs is 1. The number of aromatic nitrogens is 2. The van der Waals surface area contributed by atoms with Crippen molar-refractivity contribution in [1.29, 1.82) is 0 Å². The molecule has 3 amide bonds. The van der Waals surface area contributed by atoms with Gasteiger partial charge in [-0.05, 0) is 69.4 Å². The second kappa shape index (κ2) is 14.3. The average Bonchev–Trinajstić information content (AvgIpc) is 4.03. The second-order valence-corrected chi connectivity index (χ2v) is 15.6. The van der Waals surface area contributed by atoms with E-state index >= 15 is 0 Å². The van der Waals surface area contributed by atoms with E-state index in [2.05, 4.69) is 16.6 Å². The van der Waals surface area contributed by atoms with Gasteiger partial charge in [0.1, 0.15) is 11.6 Å². The number of carbonyl (C=O) groups is 3. The molecule has 0 bridgehead atoms. The number of allylic oxidation sites excluding steroid dienone is 1. The number of nitrogens with zero attached hydrogens (tertiary/aromatic N) is 3. The summed E-state index contributed by atoms with van der Waals surface area (Å²) in [6.45, 7) is 6.21. The van der Waals surface area contributed by atoms with E-state index in [1.54, 1.807) is 11.9 Å². The molecule has 0 aliphatic heterocycles. The molecule has 3 aromatic rings. The highest BCUT2D eigenvalue weighted by Gasteiger charge is 2.62. The lowest BCUT2D eigenvalue weighted by atomic mass is 9.93. The third-order valence-electron chi connectivity index (χ3n) is 10.1. The first-order valence-electron chi connectivity index (χ1n) is 17.3. The number of hydrogen-bond acceptors (Lipinski definition) is 8. The van der Waals surface area contributed by atoms with Crippen LogP contribution < -0.4 is 14.8 Å². The van der Waals surface area contributed by atoms with E-state index in [9.17, 15) is 22.8 Å². The van der Waals surface area contributed by atoms with Gasteiger partial charge in [0, 0.05) is 19.2 Å². The van der Waals surface area contributed by atoms with E-state index in [4.69, 9.17) is 14.7 Å². The summed E-state index contributed by atoms with van der Waals surface area (Å²) in [5.74, 6) is -2.14. The van der Waals surface area contributed by atoms with Crippen molar-refractivity contribution in [3.8, 4) is 17.3 Å². The molecule has 2 aromatic carbocycles. The molecule has 3 saturated carbocycles. The summed E-state index contributed by atoms with van der Waals surface area (Å²) in [5, 5.41) is 3.09. The van der Waals surface area contributed by atoms with Gasteiger partial charge in [-0.15, -0.1) is 6.58 Å². The molecule has 0 saturated heterocycles. The zero-order chi connectivity index (χ0) is 34.8. The van der Waals surface area contributed by atoms with Crippen LogP contribution >= 0.6 is 0 Å². The van der Waals surface area contributed by atoms with Crippen LogP contribution in [0.15, 0.2) is 67.3 Å². The third kappa shape index (κ3) is 7.49. The van der Waals surface area contributed by atoms with E-state index in [1.165, 1.54) is 0 Å². The van der Waals surface area contributed by atoms with Gasteiger partial charge in [0.05, 0.1) is 28.0 Å². The van der Waals surface area contributed by atoms with Gasteiger partial charge in [-0.25, -0.2) is 13.4 Å². The van der Waals surface area contributed by atoms with Crippen molar-refractivity contribution in [2.45, 2.75) is 81.6 Å². The Hall–Kier alpha value is -4.32. The quantitative estimate of drug-likeness (QED) is 0.172. The molecular weight excluding hydrogens is 643 g/mol. The van der Waals surface area contributed by atoms with Crippen LogP contribution in [0.1, 0.15) is 64.7 Å². The van der Waals surface area contributed by atoms with Gasteiger partial charge in [0.15, 0.2) is 5.82 Å². The molecule has 3 aliphatic carbocycles. The minimum Gasteiger partial charge on any atom is -0.474 e. The average molecular weight is 688 g/mol. The highest BCUT2D eigenvalue weighted by molar-refractivity contribution is 7.91. The zero-order valence-electron chi connectivity index (χ0n) is 28.1. The molecule has 260 valence electrons. The fourth-order valence-electron chi connectivity index (χ4n) is 7.00. The molecule has 3 aliphatic rings. The topological polar surface area (TPSA) is 148 Å². The maximum atomic E-state index is 14.2. The summed E-state index contributed by atoms with van der Waals surface area (Å²) in [4.78, 5) is 52.8. The van der Waals surface area contributed by atoms with Crippen LogP contribution in [0, 0.1) is 17.8 Å². The molecule has 1 heterocycles. The molecule has 12 heteroatoms. The minimum atomic E-state index is -3.80. The first-order chi connectivity index (χ1) is 23.6. The van der Waals surface area contributed by atoms with Crippen LogP contribution in [-0.4, -0.2) is 71.5 Å². The van der Waals surface area contributed by atoms with Gasteiger partial charge in [-0.2, -0.15) is 4.98 Å². The number of sulfonamides is 1. The lowest BCUT2D eigenvalue weighted by Gasteiger charge is -2.26. The number of amides is 3. The Morgan fingerprint density at radius 2 is 1.73 bits per heavy atom. The van der Waals surface area contributed by atoms with Gasteiger partial charge < -0.3 is 15.0 Å². The Bertz CT molecular complexity index is 1830. The van der Waals surface area contributed by atoms with Crippen molar-refractivity contribution >= 4 is 38.6 Å². The number of benzene rings is 2. The maximum Gasteiger partial charge on any atom is 0.259 e. The van der Waals surface area contributed by atoms with Crippen LogP contribution in [0.5, 0.6) is 5.88 Å². The van der Waals surface area contributed by atoms with Crippen molar-refractivity contribution in [3.63, 3.8) is 0 Å². The largest absolute Gasteiger partial charge is 0.474 e. The predicted molar refractivity (Wildman–Crippen MR) is 187 cm³/mol. The summed E-state index contributed by atoms with van der Waals surface area (Å²) >= 11 is 0. The Balaban J connectivity index is 1.26. The minimum absolute atomic E-state index is 0.167. The van der Waals surface area contributed by atoms with Gasteiger partial charge in [0.25, 0.3) is 5.91 Å². The zero-order valence-corrected chi connectivity index (χ0v) is 29.0. The third-order valence-corrected chi connectivity index (χ3v) is 11.9. The Morgan fingerprint density at radius 3 is 2.43 bits per heavy atom. The number of nitrogens with one attached hydrogen (secondary N) is 2. The predicted octanol–water partition coefficient (Wildman–Crippen LogP) is 4.78. The maximum absolute atomic E-state index is 14.2. The molecular formula is C37H45N5O6S. The van der Waals surface area contributed by atoms with E-state index in [0.29, 0.717) is 54.8 Å². The first kappa shape index (κ1) is 34.5. The van der Waals surface area contributed by atoms with Crippen molar-refractivity contribution in [2.75, 3.05) is 13.6 Å². The fourth-order valence-corrected chi connectivity index (χ4v) is 8.36. The molecule has 1 aromatic heterocycles. The standard InChI is InChI=1S/C37H45N5O6S/c1-4-6-7-13-20-42(3)35(44)30-22-26(48-34-28-16-11-12-17-31(28)38-32(39-34)24-14-9-8-10-15-24)21-29(30)33(43)40-37(23-25(37)5-2)36(45)41-49(46,47)27-18-19-27/h4,8-12,14-17,25-27,29-30H,1,5-7,13,18-23H2,2-3H3,(H,40,43)(H,41,45)/t25-,26-,29-,30-,37-/m1/s1. The van der Waals surface area contributed by atoms with Gasteiger partial charge in [0.2, 0.25) is 27.7 Å². The van der Waals surface area contributed by atoms with E-state index < -0.39 is 50.6 Å². The van der Waals surface area contributed by atoms with Gasteiger partial charge >= 0.3 is 0 Å². The highest BCUT2D eigenvalue weighted by Crippen LogP contribution is 2.48. The van der Waals surface area contributed by atoms with Crippen LogP contribution in [0.25, 0.3) is 22.3 Å². The SMILES string of the molecule is C=CCCCCN(C)C(=O)[C@@H]1C[C@H](Oc2nc(-c3ccccc3)nc3ccccc23)C[C@H]1C(=O)N[C@]1(C(=O)NS(=O)(=O)C2CC2)C[C@H]1CC. The van der Waals surface area contributed by atoms with Crippen LogP contribution in [0.3, 0.4) is 0 Å². The lowest BCUT2D eigenvalue weighted by molar-refractivity contribution is -0.140. The van der Waals surface area contributed by atoms with Crippen LogP contribution in [0.4, 0.5) is 0 Å². The van der Waals surface area contributed by atoms with Crippen LogP contribution in [0.2, 0.25) is 0 Å².